The molecule has 1 heterocycles. The lowest BCUT2D eigenvalue weighted by atomic mass is 10.1. The third kappa shape index (κ3) is 3.66. The number of nitrogens with zero attached hydrogens (tertiary/aromatic N) is 2. The molecule has 0 unspecified atom stereocenters. The van der Waals surface area contributed by atoms with E-state index in [1.54, 1.807) is 6.07 Å². The second-order valence-corrected chi connectivity index (χ2v) is 4.81. The van der Waals surface area contributed by atoms with E-state index in [0.29, 0.717) is 5.69 Å². The van der Waals surface area contributed by atoms with Crippen LogP contribution in [0.4, 0.5) is 24.5 Å². The summed E-state index contributed by atoms with van der Waals surface area (Å²) >= 11 is 0. The summed E-state index contributed by atoms with van der Waals surface area (Å²) in [7, 11) is 0. The van der Waals surface area contributed by atoms with Crippen LogP contribution in [0.2, 0.25) is 0 Å². The fourth-order valence-corrected chi connectivity index (χ4v) is 2.31. The zero-order chi connectivity index (χ0) is 15.5. The fourth-order valence-electron chi connectivity index (χ4n) is 2.31. The first kappa shape index (κ1) is 15.2. The first-order valence-electron chi connectivity index (χ1n) is 6.55. The predicted octanol–water partition coefficient (Wildman–Crippen LogP) is 3.16. The number of nitrogens with one attached hydrogen (secondary N) is 1. The zero-order valence-electron chi connectivity index (χ0n) is 11.2. The molecule has 1 aliphatic rings. The molecule has 1 amide bonds. The summed E-state index contributed by atoms with van der Waals surface area (Å²) in [6, 6.07) is 4.97. The van der Waals surface area contributed by atoms with E-state index in [1.807, 2.05) is 4.90 Å². The number of carbonyl (C=O) groups is 1. The number of alkyl halides is 3. The summed E-state index contributed by atoms with van der Waals surface area (Å²) in [5.41, 5.74) is -0.156. The van der Waals surface area contributed by atoms with E-state index in [9.17, 15) is 18.0 Å². The molecule has 1 aromatic carbocycles. The van der Waals surface area contributed by atoms with Gasteiger partial charge in [0, 0.05) is 13.1 Å². The number of benzene rings is 1. The van der Waals surface area contributed by atoms with Crippen molar-refractivity contribution in [2.24, 2.45) is 0 Å². The van der Waals surface area contributed by atoms with Gasteiger partial charge in [-0.25, -0.2) is 0 Å². The van der Waals surface area contributed by atoms with Crippen molar-refractivity contribution in [3.8, 4) is 6.07 Å². The normalized spacial score (nSPS) is 14.9. The molecule has 4 nitrogen and oxygen atoms in total. The Morgan fingerprint density at radius 1 is 1.33 bits per heavy atom. The van der Waals surface area contributed by atoms with E-state index in [-0.39, 0.29) is 5.69 Å². The summed E-state index contributed by atoms with van der Waals surface area (Å²) < 4.78 is 38.4. The molecule has 0 aliphatic carbocycles. The second-order valence-electron chi connectivity index (χ2n) is 4.81. The highest BCUT2D eigenvalue weighted by atomic mass is 19.4. The van der Waals surface area contributed by atoms with Gasteiger partial charge in [0.2, 0.25) is 5.91 Å². The number of amides is 1. The quantitative estimate of drug-likeness (QED) is 0.932. The molecule has 1 saturated heterocycles. The third-order valence-corrected chi connectivity index (χ3v) is 3.28. The maximum atomic E-state index is 12.8. The molecule has 0 spiro atoms. The lowest BCUT2D eigenvalue weighted by Gasteiger charge is -2.22. The Kier molecular flexibility index (Phi) is 4.36. The van der Waals surface area contributed by atoms with E-state index in [0.717, 1.165) is 38.1 Å². The van der Waals surface area contributed by atoms with Crippen LogP contribution in [0.5, 0.6) is 0 Å². The molecule has 0 atom stereocenters. The monoisotopic (exact) mass is 297 g/mol. The van der Waals surface area contributed by atoms with Crippen LogP contribution in [0.1, 0.15) is 24.8 Å². The number of hydrogen-bond donors (Lipinski definition) is 1. The number of anilines is 2. The lowest BCUT2D eigenvalue weighted by molar-refractivity contribution is -0.137. The van der Waals surface area contributed by atoms with Gasteiger partial charge in [-0.15, -0.1) is 0 Å². The van der Waals surface area contributed by atoms with Gasteiger partial charge in [0.05, 0.1) is 23.0 Å². The van der Waals surface area contributed by atoms with Gasteiger partial charge in [-0.1, -0.05) is 0 Å². The zero-order valence-corrected chi connectivity index (χ0v) is 11.2. The van der Waals surface area contributed by atoms with Gasteiger partial charge < -0.3 is 10.2 Å². The number of carbonyl (C=O) groups excluding carboxylic acids is 1. The van der Waals surface area contributed by atoms with Crippen LogP contribution in [-0.4, -0.2) is 19.0 Å². The number of nitriles is 1. The summed E-state index contributed by atoms with van der Waals surface area (Å²) in [5.74, 6) is -0.614. The van der Waals surface area contributed by atoms with Gasteiger partial charge in [0.1, 0.15) is 6.42 Å². The number of rotatable bonds is 3. The Labute approximate surface area is 120 Å². The summed E-state index contributed by atoms with van der Waals surface area (Å²) in [5, 5.41) is 10.9. The van der Waals surface area contributed by atoms with Gasteiger partial charge in [-0.2, -0.15) is 18.4 Å². The summed E-state index contributed by atoms with van der Waals surface area (Å²) in [4.78, 5) is 13.4. The predicted molar refractivity (Wildman–Crippen MR) is 71.8 cm³/mol. The van der Waals surface area contributed by atoms with Crippen LogP contribution >= 0.6 is 0 Å². The fraction of sp³-hybridized carbons (Fsp3) is 0.429. The highest BCUT2D eigenvalue weighted by molar-refractivity contribution is 5.95. The Balaban J connectivity index is 2.35. The van der Waals surface area contributed by atoms with Gasteiger partial charge in [-0.05, 0) is 31.0 Å². The minimum Gasteiger partial charge on any atom is -0.370 e. The molecular formula is C14H14F3N3O. The molecule has 0 radical (unpaired) electrons. The molecular weight excluding hydrogens is 283 g/mol. The first-order chi connectivity index (χ1) is 9.91. The molecule has 0 saturated carbocycles. The van der Waals surface area contributed by atoms with Crippen LogP contribution in [0.3, 0.4) is 0 Å². The molecule has 1 aliphatic heterocycles. The van der Waals surface area contributed by atoms with Crippen molar-refractivity contribution in [3.05, 3.63) is 23.8 Å². The van der Waals surface area contributed by atoms with Crippen LogP contribution in [0.15, 0.2) is 18.2 Å². The molecule has 0 aromatic heterocycles. The number of halogens is 3. The van der Waals surface area contributed by atoms with E-state index >= 15 is 0 Å². The Bertz CT molecular complexity index is 572. The van der Waals surface area contributed by atoms with Crippen molar-refractivity contribution in [3.63, 3.8) is 0 Å². The average Bonchev–Trinajstić information content (AvgIpc) is 2.91. The van der Waals surface area contributed by atoms with Gasteiger partial charge in [0.25, 0.3) is 0 Å². The number of hydrogen-bond acceptors (Lipinski definition) is 3. The van der Waals surface area contributed by atoms with Crippen LogP contribution < -0.4 is 10.2 Å². The van der Waals surface area contributed by atoms with Crippen LogP contribution in [-0.2, 0) is 11.0 Å². The van der Waals surface area contributed by atoms with Crippen molar-refractivity contribution in [1.82, 2.24) is 0 Å². The van der Waals surface area contributed by atoms with E-state index in [2.05, 4.69) is 5.32 Å². The van der Waals surface area contributed by atoms with Crippen molar-refractivity contribution >= 4 is 17.3 Å². The maximum Gasteiger partial charge on any atom is 0.416 e. The minimum atomic E-state index is -4.47. The first-order valence-corrected chi connectivity index (χ1v) is 6.55. The van der Waals surface area contributed by atoms with Crippen molar-refractivity contribution in [2.75, 3.05) is 23.3 Å². The molecule has 21 heavy (non-hydrogen) atoms. The summed E-state index contributed by atoms with van der Waals surface area (Å²) in [6.07, 6.45) is -2.94. The lowest BCUT2D eigenvalue weighted by Crippen LogP contribution is -2.21. The van der Waals surface area contributed by atoms with Crippen molar-refractivity contribution in [2.45, 2.75) is 25.4 Å². The highest BCUT2D eigenvalue weighted by Gasteiger charge is 2.31. The molecule has 0 bridgehead atoms. The standard InChI is InChI=1S/C14H14F3N3O/c15-14(16,17)10-3-4-12(20-7-1-2-8-20)11(9-10)19-13(21)5-6-18/h3-4,9H,1-2,5,7-8H2,(H,19,21). The van der Waals surface area contributed by atoms with Gasteiger partial charge in [0.15, 0.2) is 0 Å². The van der Waals surface area contributed by atoms with E-state index in [4.69, 9.17) is 5.26 Å². The minimum absolute atomic E-state index is 0.104. The smallest absolute Gasteiger partial charge is 0.370 e. The van der Waals surface area contributed by atoms with Crippen LogP contribution in [0, 0.1) is 11.3 Å². The third-order valence-electron chi connectivity index (χ3n) is 3.28. The average molecular weight is 297 g/mol. The SMILES string of the molecule is N#CCC(=O)Nc1cc(C(F)(F)F)ccc1N1CCCC1. The van der Waals surface area contributed by atoms with E-state index < -0.39 is 24.1 Å². The van der Waals surface area contributed by atoms with Crippen molar-refractivity contribution in [1.29, 1.82) is 5.26 Å². The molecule has 1 aromatic rings. The van der Waals surface area contributed by atoms with Crippen LogP contribution in [0.25, 0.3) is 0 Å². The molecule has 1 N–H and O–H groups in total. The Morgan fingerprint density at radius 2 is 2.00 bits per heavy atom. The van der Waals surface area contributed by atoms with Crippen molar-refractivity contribution < 1.29 is 18.0 Å². The molecule has 7 heteroatoms. The summed E-state index contributed by atoms with van der Waals surface area (Å²) in [6.45, 7) is 1.49. The maximum absolute atomic E-state index is 12.8. The Hall–Kier alpha value is -2.23. The largest absolute Gasteiger partial charge is 0.416 e. The van der Waals surface area contributed by atoms with Gasteiger partial charge in [-0.3, -0.25) is 4.79 Å². The molecule has 1 fully saturated rings. The topological polar surface area (TPSA) is 56.1 Å². The highest BCUT2D eigenvalue weighted by Crippen LogP contribution is 2.36. The Morgan fingerprint density at radius 3 is 2.57 bits per heavy atom. The molecule has 2 rings (SSSR count). The molecule has 112 valence electrons. The second kappa shape index (κ2) is 6.04. The van der Waals surface area contributed by atoms with Gasteiger partial charge >= 0.3 is 6.18 Å². The van der Waals surface area contributed by atoms with E-state index in [1.165, 1.54) is 6.07 Å².